The van der Waals surface area contributed by atoms with Crippen molar-refractivity contribution >= 4 is 16.1 Å². The molecule has 1 amide bonds. The molecule has 3 heterocycles. The number of pyridine rings is 1. The van der Waals surface area contributed by atoms with Crippen LogP contribution in [0.15, 0.2) is 47.5 Å². The number of likely N-dealkylation sites (tertiary alicyclic amines) is 1. The first-order valence-electron chi connectivity index (χ1n) is 12.4. The third kappa shape index (κ3) is 6.74. The second kappa shape index (κ2) is 11.1. The lowest BCUT2D eigenvalue weighted by Crippen LogP contribution is -2.42. The molecule has 0 N–H and O–H groups in total. The summed E-state index contributed by atoms with van der Waals surface area (Å²) in [6.07, 6.45) is 3.19. The number of ether oxygens (including phenoxy) is 3. The zero-order valence-electron chi connectivity index (χ0n) is 21.2. The van der Waals surface area contributed by atoms with Gasteiger partial charge < -0.3 is 19.1 Å². The minimum Gasteiger partial charge on any atom is -0.477 e. The van der Waals surface area contributed by atoms with Crippen molar-refractivity contribution in [3.05, 3.63) is 42.6 Å². The molecule has 2 saturated heterocycles. The van der Waals surface area contributed by atoms with E-state index in [1.54, 1.807) is 35.4 Å². The van der Waals surface area contributed by atoms with E-state index < -0.39 is 15.6 Å². The van der Waals surface area contributed by atoms with Crippen LogP contribution >= 0.6 is 0 Å². The van der Waals surface area contributed by atoms with E-state index in [0.29, 0.717) is 57.8 Å². The smallest absolute Gasteiger partial charge is 0.410 e. The van der Waals surface area contributed by atoms with Gasteiger partial charge in [0.15, 0.2) is 0 Å². The SMILES string of the molecule is CC(C)(C)OC(=O)N1CCC(COc2ccc(-c3ccc(S(=O)(=O)N4CCOCC4)cc3)cn2)CC1. The largest absolute Gasteiger partial charge is 0.477 e. The number of benzene rings is 1. The van der Waals surface area contributed by atoms with Gasteiger partial charge in [0.05, 0.1) is 24.7 Å². The Kier molecular flexibility index (Phi) is 8.17. The molecule has 9 nitrogen and oxygen atoms in total. The minimum absolute atomic E-state index is 0.258. The molecule has 1 aromatic heterocycles. The Bertz CT molecular complexity index is 1120. The summed E-state index contributed by atoms with van der Waals surface area (Å²) in [6.45, 7) is 9.06. The molecular weight excluding hydrogens is 482 g/mol. The summed E-state index contributed by atoms with van der Waals surface area (Å²) in [6, 6.07) is 10.6. The number of carbonyl (C=O) groups excluding carboxylic acids is 1. The van der Waals surface area contributed by atoms with Gasteiger partial charge in [-0.3, -0.25) is 0 Å². The Balaban J connectivity index is 1.27. The van der Waals surface area contributed by atoms with Crippen LogP contribution in [-0.2, 0) is 19.5 Å². The van der Waals surface area contributed by atoms with Gasteiger partial charge in [0, 0.05) is 44.0 Å². The molecule has 36 heavy (non-hydrogen) atoms. The second-order valence-corrected chi connectivity index (χ2v) is 12.1. The number of hydrogen-bond donors (Lipinski definition) is 0. The number of aromatic nitrogens is 1. The van der Waals surface area contributed by atoms with Gasteiger partial charge in [-0.1, -0.05) is 12.1 Å². The van der Waals surface area contributed by atoms with Crippen molar-refractivity contribution in [3.8, 4) is 17.0 Å². The Morgan fingerprint density at radius 3 is 2.22 bits per heavy atom. The number of carbonyl (C=O) groups is 1. The van der Waals surface area contributed by atoms with Gasteiger partial charge in [0.2, 0.25) is 15.9 Å². The Labute approximate surface area is 213 Å². The van der Waals surface area contributed by atoms with Crippen LogP contribution in [0, 0.1) is 5.92 Å². The predicted octanol–water partition coefficient (Wildman–Crippen LogP) is 3.80. The third-order valence-corrected chi connectivity index (χ3v) is 8.18. The van der Waals surface area contributed by atoms with Gasteiger partial charge in [-0.2, -0.15) is 4.31 Å². The van der Waals surface area contributed by atoms with E-state index in [4.69, 9.17) is 14.2 Å². The van der Waals surface area contributed by atoms with Crippen molar-refractivity contribution in [1.29, 1.82) is 0 Å². The van der Waals surface area contributed by atoms with Crippen LogP contribution in [0.2, 0.25) is 0 Å². The van der Waals surface area contributed by atoms with Crippen molar-refractivity contribution < 1.29 is 27.4 Å². The number of hydrogen-bond acceptors (Lipinski definition) is 7. The first kappa shape index (κ1) is 26.4. The molecule has 0 radical (unpaired) electrons. The summed E-state index contributed by atoms with van der Waals surface area (Å²) in [5.74, 6) is 0.894. The fourth-order valence-electron chi connectivity index (χ4n) is 4.20. The Morgan fingerprint density at radius 2 is 1.64 bits per heavy atom. The minimum atomic E-state index is -3.51. The van der Waals surface area contributed by atoms with E-state index in [1.165, 1.54) is 4.31 Å². The maximum atomic E-state index is 12.8. The van der Waals surface area contributed by atoms with Crippen molar-refractivity contribution in [1.82, 2.24) is 14.2 Å². The quantitative estimate of drug-likeness (QED) is 0.575. The molecule has 0 bridgehead atoms. The highest BCUT2D eigenvalue weighted by Crippen LogP contribution is 2.25. The average molecular weight is 518 g/mol. The van der Waals surface area contributed by atoms with Crippen molar-refractivity contribution in [2.24, 2.45) is 5.92 Å². The molecule has 1 aromatic carbocycles. The number of sulfonamides is 1. The molecule has 10 heteroatoms. The third-order valence-electron chi connectivity index (χ3n) is 6.26. The zero-order chi connectivity index (χ0) is 25.8. The molecule has 2 aromatic rings. The van der Waals surface area contributed by atoms with Gasteiger partial charge in [0.1, 0.15) is 5.60 Å². The number of piperidine rings is 1. The Hall–Kier alpha value is -2.69. The maximum Gasteiger partial charge on any atom is 0.410 e. The second-order valence-electron chi connectivity index (χ2n) is 10.1. The summed E-state index contributed by atoms with van der Waals surface area (Å²) < 4.78 is 43.7. The molecule has 0 saturated carbocycles. The standard InChI is InChI=1S/C26H35N3O6S/c1-26(2,3)35-25(30)28-12-10-20(11-13-28)19-34-24-9-6-22(18-27-24)21-4-7-23(8-5-21)36(31,32)29-14-16-33-17-15-29/h4-9,18,20H,10-17,19H2,1-3H3. The average Bonchev–Trinajstić information content (AvgIpc) is 2.88. The van der Waals surface area contributed by atoms with Gasteiger partial charge in [-0.15, -0.1) is 0 Å². The van der Waals surface area contributed by atoms with E-state index in [2.05, 4.69) is 4.98 Å². The lowest BCUT2D eigenvalue weighted by atomic mass is 9.98. The number of rotatable bonds is 6. The van der Waals surface area contributed by atoms with Crippen molar-refractivity contribution in [3.63, 3.8) is 0 Å². The summed E-state index contributed by atoms with van der Waals surface area (Å²) in [7, 11) is -3.51. The van der Waals surface area contributed by atoms with E-state index in [-0.39, 0.29) is 11.0 Å². The number of amides is 1. The molecule has 2 aliphatic heterocycles. The molecule has 0 atom stereocenters. The van der Waals surface area contributed by atoms with Crippen LogP contribution in [-0.4, -0.2) is 80.3 Å². The van der Waals surface area contributed by atoms with E-state index in [0.717, 1.165) is 24.0 Å². The lowest BCUT2D eigenvalue weighted by molar-refractivity contribution is 0.0164. The fraction of sp³-hybridized carbons (Fsp3) is 0.538. The molecule has 0 unspecified atom stereocenters. The maximum absolute atomic E-state index is 12.8. The van der Waals surface area contributed by atoms with E-state index in [9.17, 15) is 13.2 Å². The summed E-state index contributed by atoms with van der Waals surface area (Å²) >= 11 is 0. The van der Waals surface area contributed by atoms with Gasteiger partial charge in [0.25, 0.3) is 0 Å². The first-order chi connectivity index (χ1) is 17.1. The highest BCUT2D eigenvalue weighted by Gasteiger charge is 2.28. The summed E-state index contributed by atoms with van der Waals surface area (Å²) in [5, 5.41) is 0. The Morgan fingerprint density at radius 1 is 1.00 bits per heavy atom. The topological polar surface area (TPSA) is 98.3 Å². The normalized spacial score (nSPS) is 18.1. The molecule has 2 aliphatic rings. The first-order valence-corrected chi connectivity index (χ1v) is 13.8. The van der Waals surface area contributed by atoms with Crippen LogP contribution in [0.3, 0.4) is 0 Å². The van der Waals surface area contributed by atoms with Crippen molar-refractivity contribution in [2.75, 3.05) is 46.0 Å². The van der Waals surface area contributed by atoms with Gasteiger partial charge >= 0.3 is 6.09 Å². The molecule has 0 spiro atoms. The van der Waals surface area contributed by atoms with E-state index in [1.807, 2.05) is 32.9 Å². The number of morpholine rings is 1. The van der Waals surface area contributed by atoms with Gasteiger partial charge in [-0.25, -0.2) is 18.2 Å². The van der Waals surface area contributed by atoms with Crippen LogP contribution in [0.1, 0.15) is 33.6 Å². The van der Waals surface area contributed by atoms with Crippen LogP contribution in [0.4, 0.5) is 4.79 Å². The van der Waals surface area contributed by atoms with Crippen LogP contribution in [0.5, 0.6) is 5.88 Å². The molecule has 4 rings (SSSR count). The molecule has 0 aliphatic carbocycles. The monoisotopic (exact) mass is 517 g/mol. The highest BCUT2D eigenvalue weighted by molar-refractivity contribution is 7.89. The van der Waals surface area contributed by atoms with E-state index >= 15 is 0 Å². The lowest BCUT2D eigenvalue weighted by Gasteiger charge is -2.33. The summed E-state index contributed by atoms with van der Waals surface area (Å²) in [4.78, 5) is 18.7. The zero-order valence-corrected chi connectivity index (χ0v) is 22.0. The van der Waals surface area contributed by atoms with Gasteiger partial charge in [-0.05, 0) is 63.3 Å². The van der Waals surface area contributed by atoms with Crippen LogP contribution in [0.25, 0.3) is 11.1 Å². The number of nitrogens with zero attached hydrogens (tertiary/aromatic N) is 3. The summed E-state index contributed by atoms with van der Waals surface area (Å²) in [5.41, 5.74) is 1.27. The molecular formula is C26H35N3O6S. The molecule has 196 valence electrons. The van der Waals surface area contributed by atoms with Crippen LogP contribution < -0.4 is 4.74 Å². The van der Waals surface area contributed by atoms with Crippen molar-refractivity contribution in [2.45, 2.75) is 44.1 Å². The molecule has 2 fully saturated rings. The predicted molar refractivity (Wildman–Crippen MR) is 135 cm³/mol. The fourth-order valence-corrected chi connectivity index (χ4v) is 5.61. The highest BCUT2D eigenvalue weighted by atomic mass is 32.2.